The quantitative estimate of drug-likeness (QED) is 0.146. The Morgan fingerprint density at radius 3 is 1.07 bits per heavy atom. The molecule has 0 atom stereocenters. The summed E-state index contributed by atoms with van der Waals surface area (Å²) in [6.45, 7) is 0. The van der Waals surface area contributed by atoms with Gasteiger partial charge in [-0.1, -0.05) is 237 Å². The van der Waals surface area contributed by atoms with Crippen LogP contribution in [-0.4, -0.2) is 0 Å². The molecule has 0 aliphatic rings. The molecule has 2 heteroatoms. The van der Waals surface area contributed by atoms with Gasteiger partial charge >= 0.3 is 0 Å². The lowest BCUT2D eigenvalue weighted by Gasteiger charge is -2.18. The van der Waals surface area contributed by atoms with Crippen LogP contribution >= 0.6 is 22.7 Å². The number of thiophene rings is 2. The monoisotopic (exact) mass is 1050 g/mol. The lowest BCUT2D eigenvalue weighted by Crippen LogP contribution is -1.92. The first-order chi connectivity index (χ1) is 39.7. The van der Waals surface area contributed by atoms with Crippen LogP contribution in [-0.2, 0) is 0 Å². The van der Waals surface area contributed by atoms with Gasteiger partial charge in [-0.3, -0.25) is 0 Å². The van der Waals surface area contributed by atoms with Crippen LogP contribution in [0.15, 0.2) is 279 Å². The predicted molar refractivity (Wildman–Crippen MR) is 350 cm³/mol. The predicted octanol–water partition coefficient (Wildman–Crippen LogP) is 23.3. The second kappa shape index (κ2) is 17.9. The van der Waals surface area contributed by atoms with E-state index in [1.165, 1.54) is 172 Å². The lowest BCUT2D eigenvalue weighted by molar-refractivity contribution is 1.57. The zero-order chi connectivity index (χ0) is 52.4. The molecule has 0 nitrogen and oxygen atoms in total. The second-order valence-corrected chi connectivity index (χ2v) is 23.4. The van der Waals surface area contributed by atoms with Gasteiger partial charge in [0.05, 0.1) is 0 Å². The minimum Gasteiger partial charge on any atom is -0.135 e. The third-order valence-corrected chi connectivity index (χ3v) is 19.5. The molecule has 0 saturated carbocycles. The van der Waals surface area contributed by atoms with Crippen LogP contribution in [0.4, 0.5) is 0 Å². The Morgan fingerprint density at radius 1 is 0.150 bits per heavy atom. The minimum absolute atomic E-state index is 1.18. The fourth-order valence-corrected chi connectivity index (χ4v) is 15.9. The van der Waals surface area contributed by atoms with Crippen molar-refractivity contribution in [2.75, 3.05) is 0 Å². The minimum atomic E-state index is 1.18. The van der Waals surface area contributed by atoms with Gasteiger partial charge < -0.3 is 0 Å². The third kappa shape index (κ3) is 6.99. The van der Waals surface area contributed by atoms with Crippen LogP contribution in [0.5, 0.6) is 0 Å². The third-order valence-electron chi connectivity index (χ3n) is 17.0. The molecule has 17 rings (SSSR count). The summed E-state index contributed by atoms with van der Waals surface area (Å²) in [6, 6.07) is 105. The van der Waals surface area contributed by atoms with E-state index in [9.17, 15) is 0 Å². The molecular formula is C78H46S2. The zero-order valence-electron chi connectivity index (χ0n) is 43.4. The maximum absolute atomic E-state index is 2.49. The van der Waals surface area contributed by atoms with Gasteiger partial charge in [-0.2, -0.15) is 0 Å². The van der Waals surface area contributed by atoms with Gasteiger partial charge in [0.2, 0.25) is 0 Å². The Kier molecular flexibility index (Phi) is 10.2. The number of benzene rings is 15. The first kappa shape index (κ1) is 45.3. The fourth-order valence-electron chi connectivity index (χ4n) is 13.3. The molecule has 2 aromatic heterocycles. The van der Waals surface area contributed by atoms with E-state index in [2.05, 4.69) is 279 Å². The summed E-state index contributed by atoms with van der Waals surface area (Å²) in [6.07, 6.45) is 0. The molecule has 370 valence electrons. The summed E-state index contributed by atoms with van der Waals surface area (Å²) in [4.78, 5) is 0. The van der Waals surface area contributed by atoms with E-state index in [0.717, 1.165) is 0 Å². The van der Waals surface area contributed by atoms with Crippen molar-refractivity contribution in [1.82, 2.24) is 0 Å². The standard InChI is InChI=1S/C78H46S2/c1-2-17-47(18-3-1)55-28-14-31-69-70-32-16-33-71(78(70)80-77(55)69)72-44-48(49-36-39-65-61-23-6-4-19-57(61)59-21-8-10-25-63(59)73(65)45-49)35-38-54(72)52-41-51(42-53(43-52)56-29-15-30-68-67-27-12-13-34-75(67)79-76(56)68)50-37-40-66-62-24-7-5-20-58(62)60-22-9-11-26-64(60)74(66)46-50/h1-46H. The average molecular weight is 1050 g/mol. The van der Waals surface area contributed by atoms with Crippen LogP contribution in [0.2, 0.25) is 0 Å². The fraction of sp³-hybridized carbons (Fsp3) is 0. The first-order valence-electron chi connectivity index (χ1n) is 27.5. The molecule has 0 amide bonds. The van der Waals surface area contributed by atoms with E-state index < -0.39 is 0 Å². The van der Waals surface area contributed by atoms with Crippen LogP contribution < -0.4 is 0 Å². The Labute approximate surface area is 470 Å². The van der Waals surface area contributed by atoms with E-state index in [1.807, 2.05) is 22.7 Å². The van der Waals surface area contributed by atoms with E-state index >= 15 is 0 Å². The molecule has 0 saturated heterocycles. The molecule has 0 radical (unpaired) electrons. The van der Waals surface area contributed by atoms with Gasteiger partial charge in [0.25, 0.3) is 0 Å². The molecule has 17 aromatic rings. The molecule has 2 heterocycles. The Hall–Kier alpha value is -9.70. The molecule has 15 aromatic carbocycles. The zero-order valence-corrected chi connectivity index (χ0v) is 45.0. The number of rotatable bonds is 6. The highest BCUT2D eigenvalue weighted by molar-refractivity contribution is 7.27. The van der Waals surface area contributed by atoms with E-state index in [4.69, 9.17) is 0 Å². The SMILES string of the molecule is c1ccc(-c2cccc3c2sc2c(-c4cc(-c5ccc6c7ccccc7c7ccccc7c6c5)ccc4-c4cc(-c5ccc6c7ccccc7c7ccccc7c6c5)cc(-c5cccc6c5sc5ccccc56)c4)cccc23)cc1. The first-order valence-corrected chi connectivity index (χ1v) is 29.2. The highest BCUT2D eigenvalue weighted by Gasteiger charge is 2.21. The van der Waals surface area contributed by atoms with E-state index in [-0.39, 0.29) is 0 Å². The number of hydrogen-bond acceptors (Lipinski definition) is 2. The van der Waals surface area contributed by atoms with Crippen molar-refractivity contribution in [3.63, 3.8) is 0 Å². The van der Waals surface area contributed by atoms with Crippen molar-refractivity contribution in [1.29, 1.82) is 0 Å². The van der Waals surface area contributed by atoms with Gasteiger partial charge in [-0.15, -0.1) is 22.7 Å². The largest absolute Gasteiger partial charge is 0.135 e. The summed E-state index contributed by atoms with van der Waals surface area (Å²) in [5, 5.41) is 20.5. The molecule has 0 bridgehead atoms. The molecule has 0 aliphatic carbocycles. The maximum atomic E-state index is 2.49. The van der Waals surface area contributed by atoms with Gasteiger partial charge in [-0.25, -0.2) is 0 Å². The Morgan fingerprint density at radius 2 is 0.512 bits per heavy atom. The Balaban J connectivity index is 0.944. The van der Waals surface area contributed by atoms with Crippen LogP contribution in [0.1, 0.15) is 0 Å². The summed E-state index contributed by atoms with van der Waals surface area (Å²) in [5.41, 5.74) is 14.5. The van der Waals surface area contributed by atoms with Gasteiger partial charge in [-0.05, 0) is 168 Å². The van der Waals surface area contributed by atoms with Crippen LogP contribution in [0, 0.1) is 0 Å². The van der Waals surface area contributed by atoms with E-state index in [1.54, 1.807) is 0 Å². The summed E-state index contributed by atoms with van der Waals surface area (Å²) < 4.78 is 5.22. The van der Waals surface area contributed by atoms with Crippen molar-refractivity contribution in [3.05, 3.63) is 279 Å². The van der Waals surface area contributed by atoms with Gasteiger partial charge in [0, 0.05) is 45.9 Å². The molecule has 0 unspecified atom stereocenters. The highest BCUT2D eigenvalue weighted by Crippen LogP contribution is 2.49. The number of fused-ring (bicyclic) bond motifs is 18. The van der Waals surface area contributed by atoms with Crippen molar-refractivity contribution in [2.24, 2.45) is 0 Å². The smallest absolute Gasteiger partial charge is 0.0434 e. The molecule has 0 N–H and O–H groups in total. The Bertz CT molecular complexity index is 5350. The highest BCUT2D eigenvalue weighted by atomic mass is 32.1. The summed E-state index contributed by atoms with van der Waals surface area (Å²) in [5.74, 6) is 0. The second-order valence-electron chi connectivity index (χ2n) is 21.4. The summed E-state index contributed by atoms with van der Waals surface area (Å²) in [7, 11) is 0. The summed E-state index contributed by atoms with van der Waals surface area (Å²) >= 11 is 3.82. The molecule has 0 spiro atoms. The molecule has 0 aliphatic heterocycles. The average Bonchev–Trinajstić information content (AvgIpc) is 4.15. The molecule has 80 heavy (non-hydrogen) atoms. The van der Waals surface area contributed by atoms with Crippen LogP contribution in [0.3, 0.4) is 0 Å². The van der Waals surface area contributed by atoms with Crippen molar-refractivity contribution in [3.8, 4) is 66.8 Å². The maximum Gasteiger partial charge on any atom is 0.0434 e. The topological polar surface area (TPSA) is 0 Å². The van der Waals surface area contributed by atoms with Crippen LogP contribution in [0.25, 0.3) is 172 Å². The van der Waals surface area contributed by atoms with Crippen molar-refractivity contribution >= 4 is 128 Å². The molecular weight excluding hydrogens is 1000 g/mol. The van der Waals surface area contributed by atoms with Crippen molar-refractivity contribution < 1.29 is 0 Å². The normalized spacial score (nSPS) is 12.0. The van der Waals surface area contributed by atoms with Gasteiger partial charge in [0.15, 0.2) is 0 Å². The lowest BCUT2D eigenvalue weighted by atomic mass is 9.86. The molecule has 0 fully saturated rings. The van der Waals surface area contributed by atoms with Gasteiger partial charge in [0.1, 0.15) is 0 Å². The number of hydrogen-bond donors (Lipinski definition) is 0. The van der Waals surface area contributed by atoms with E-state index in [0.29, 0.717) is 0 Å². The van der Waals surface area contributed by atoms with Crippen molar-refractivity contribution in [2.45, 2.75) is 0 Å².